The fraction of sp³-hybridized carbons (Fsp3) is 0. The zero-order valence-corrected chi connectivity index (χ0v) is 22.9. The second-order valence-electron chi connectivity index (χ2n) is 7.89. The van der Waals surface area contributed by atoms with Crippen LogP contribution < -0.4 is 14.9 Å². The number of ether oxygens (including phenoxy) is 1. The van der Waals surface area contributed by atoms with Gasteiger partial charge < -0.3 is 4.74 Å². The van der Waals surface area contributed by atoms with Crippen LogP contribution in [-0.4, -0.2) is 26.5 Å². The number of anilines is 1. The van der Waals surface area contributed by atoms with Crippen LogP contribution in [0.2, 0.25) is 15.1 Å². The lowest BCUT2D eigenvalue weighted by molar-refractivity contribution is 0.0734. The molecule has 0 unspecified atom stereocenters. The van der Waals surface area contributed by atoms with E-state index in [1.54, 1.807) is 36.4 Å². The Balaban J connectivity index is 1.39. The maximum absolute atomic E-state index is 12.7. The van der Waals surface area contributed by atoms with Gasteiger partial charge in [-0.15, -0.1) is 0 Å². The average molecular weight is 603 g/mol. The predicted octanol–water partition coefficient (Wildman–Crippen LogP) is 6.43. The van der Waals surface area contributed by atoms with Gasteiger partial charge in [-0.1, -0.05) is 46.9 Å². The largest absolute Gasteiger partial charge is 0.423 e. The maximum atomic E-state index is 12.7. The molecule has 0 aliphatic heterocycles. The lowest BCUT2D eigenvalue weighted by atomic mass is 10.2. The first kappa shape index (κ1) is 28.1. The van der Waals surface area contributed by atoms with Gasteiger partial charge in [0.25, 0.3) is 15.9 Å². The highest BCUT2D eigenvalue weighted by Gasteiger charge is 2.18. The van der Waals surface area contributed by atoms with E-state index < -0.39 is 21.9 Å². The Hall–Kier alpha value is -3.89. The summed E-state index contributed by atoms with van der Waals surface area (Å²) in [4.78, 5) is 25.1. The molecule has 0 atom stereocenters. The zero-order valence-electron chi connectivity index (χ0n) is 19.8. The zero-order chi connectivity index (χ0) is 28.0. The van der Waals surface area contributed by atoms with Crippen molar-refractivity contribution in [1.29, 1.82) is 0 Å². The van der Waals surface area contributed by atoms with Crippen LogP contribution in [0, 0.1) is 0 Å². The molecular formula is C27H18Cl3N3O5S. The van der Waals surface area contributed by atoms with Gasteiger partial charge in [0.15, 0.2) is 0 Å². The summed E-state index contributed by atoms with van der Waals surface area (Å²) in [7, 11) is -3.96. The molecule has 198 valence electrons. The van der Waals surface area contributed by atoms with Crippen molar-refractivity contribution in [3.05, 3.63) is 123 Å². The van der Waals surface area contributed by atoms with E-state index in [-0.39, 0.29) is 32.5 Å². The molecule has 0 saturated heterocycles. The van der Waals surface area contributed by atoms with Crippen molar-refractivity contribution in [1.82, 2.24) is 5.43 Å². The van der Waals surface area contributed by atoms with Crippen LogP contribution in [0.5, 0.6) is 5.75 Å². The molecule has 0 bridgehead atoms. The SMILES string of the molecule is O=C(Oc1ccc(C=NNC(=O)c2ccccc2NS(=O)(=O)c2ccc(Cl)cc2)cc1)c1ccc(Cl)cc1Cl. The molecule has 2 N–H and O–H groups in total. The Morgan fingerprint density at radius 3 is 2.15 bits per heavy atom. The molecule has 1 amide bonds. The Morgan fingerprint density at radius 2 is 1.46 bits per heavy atom. The van der Waals surface area contributed by atoms with Crippen molar-refractivity contribution in [2.45, 2.75) is 4.90 Å². The number of esters is 1. The summed E-state index contributed by atoms with van der Waals surface area (Å²) in [5.74, 6) is -1.00. The molecule has 0 spiro atoms. The number of sulfonamides is 1. The standard InChI is InChI=1S/C27H18Cl3N3O5S/c28-18-7-12-21(13-8-18)39(36,37)33-25-4-2-1-3-23(25)26(34)32-31-16-17-5-10-20(11-6-17)38-27(35)22-14-9-19(29)15-24(22)30/h1-16,33H,(H,32,34). The maximum Gasteiger partial charge on any atom is 0.345 e. The van der Waals surface area contributed by atoms with Crippen LogP contribution in [-0.2, 0) is 10.0 Å². The van der Waals surface area contributed by atoms with Gasteiger partial charge in [-0.05, 0) is 84.4 Å². The lowest BCUT2D eigenvalue weighted by Gasteiger charge is -2.11. The summed E-state index contributed by atoms with van der Waals surface area (Å²) in [6, 6.07) is 22.5. The Labute approximate surface area is 239 Å². The summed E-state index contributed by atoms with van der Waals surface area (Å²) in [5, 5.41) is 4.89. The van der Waals surface area contributed by atoms with Gasteiger partial charge in [0.05, 0.1) is 32.9 Å². The Bertz CT molecular complexity index is 1660. The highest BCUT2D eigenvalue weighted by atomic mass is 35.5. The monoisotopic (exact) mass is 601 g/mol. The fourth-order valence-corrected chi connectivity index (χ4v) is 4.94. The highest BCUT2D eigenvalue weighted by Crippen LogP contribution is 2.24. The average Bonchev–Trinajstić information content (AvgIpc) is 2.90. The molecular weight excluding hydrogens is 585 g/mol. The molecule has 0 radical (unpaired) electrons. The van der Waals surface area contributed by atoms with Crippen LogP contribution in [0.25, 0.3) is 0 Å². The molecule has 4 aromatic carbocycles. The molecule has 0 aromatic heterocycles. The van der Waals surface area contributed by atoms with E-state index in [9.17, 15) is 18.0 Å². The van der Waals surface area contributed by atoms with Gasteiger partial charge in [-0.2, -0.15) is 5.10 Å². The lowest BCUT2D eigenvalue weighted by Crippen LogP contribution is -2.21. The van der Waals surface area contributed by atoms with Gasteiger partial charge in [-0.25, -0.2) is 18.6 Å². The number of para-hydroxylation sites is 1. The molecule has 4 rings (SSSR count). The number of amides is 1. The quantitative estimate of drug-likeness (QED) is 0.104. The number of carbonyl (C=O) groups excluding carboxylic acids is 2. The molecule has 4 aromatic rings. The van der Waals surface area contributed by atoms with E-state index in [0.29, 0.717) is 15.6 Å². The summed E-state index contributed by atoms with van der Waals surface area (Å²) in [5.41, 5.74) is 3.27. The Morgan fingerprint density at radius 1 is 0.795 bits per heavy atom. The van der Waals surface area contributed by atoms with Gasteiger partial charge >= 0.3 is 5.97 Å². The van der Waals surface area contributed by atoms with Crippen LogP contribution in [0.15, 0.2) is 101 Å². The third kappa shape index (κ3) is 7.36. The van der Waals surface area contributed by atoms with Crippen molar-refractivity contribution in [2.24, 2.45) is 5.10 Å². The van der Waals surface area contributed by atoms with E-state index in [0.717, 1.165) is 0 Å². The molecule has 12 heteroatoms. The number of rotatable bonds is 8. The van der Waals surface area contributed by atoms with Crippen molar-refractivity contribution >= 4 is 68.6 Å². The summed E-state index contributed by atoms with van der Waals surface area (Å²) in [6.07, 6.45) is 1.38. The van der Waals surface area contributed by atoms with E-state index in [2.05, 4.69) is 15.2 Å². The number of benzene rings is 4. The topological polar surface area (TPSA) is 114 Å². The third-order valence-corrected chi connectivity index (χ3v) is 7.34. The van der Waals surface area contributed by atoms with Gasteiger partial charge in [0, 0.05) is 10.0 Å². The van der Waals surface area contributed by atoms with Crippen LogP contribution >= 0.6 is 34.8 Å². The van der Waals surface area contributed by atoms with Crippen LogP contribution in [0.3, 0.4) is 0 Å². The molecule has 0 aliphatic carbocycles. The smallest absolute Gasteiger partial charge is 0.345 e. The minimum absolute atomic E-state index is 0.00878. The second-order valence-corrected chi connectivity index (χ2v) is 10.8. The fourth-order valence-electron chi connectivity index (χ4n) is 3.25. The minimum atomic E-state index is -3.96. The molecule has 39 heavy (non-hydrogen) atoms. The van der Waals surface area contributed by atoms with E-state index >= 15 is 0 Å². The van der Waals surface area contributed by atoms with Crippen LogP contribution in [0.4, 0.5) is 5.69 Å². The summed E-state index contributed by atoms with van der Waals surface area (Å²) >= 11 is 17.7. The number of nitrogens with one attached hydrogen (secondary N) is 2. The van der Waals surface area contributed by atoms with Crippen molar-refractivity contribution < 1.29 is 22.7 Å². The van der Waals surface area contributed by atoms with Crippen LogP contribution in [0.1, 0.15) is 26.3 Å². The number of nitrogens with zero attached hydrogens (tertiary/aromatic N) is 1. The van der Waals surface area contributed by atoms with Gasteiger partial charge in [0.2, 0.25) is 0 Å². The van der Waals surface area contributed by atoms with Crippen molar-refractivity contribution in [3.63, 3.8) is 0 Å². The first-order valence-corrected chi connectivity index (χ1v) is 13.7. The number of hydrazone groups is 1. The first-order valence-electron chi connectivity index (χ1n) is 11.1. The second kappa shape index (κ2) is 12.3. The number of carbonyl (C=O) groups is 2. The predicted molar refractivity (Wildman–Crippen MR) is 152 cm³/mol. The molecule has 0 aliphatic rings. The van der Waals surface area contributed by atoms with Gasteiger partial charge in [0.1, 0.15) is 5.75 Å². The third-order valence-electron chi connectivity index (χ3n) is 5.16. The molecule has 0 heterocycles. The van der Waals surface area contributed by atoms with E-state index in [1.165, 1.54) is 60.8 Å². The summed E-state index contributed by atoms with van der Waals surface area (Å²) < 4.78 is 33.2. The molecule has 8 nitrogen and oxygen atoms in total. The van der Waals surface area contributed by atoms with Crippen molar-refractivity contribution in [2.75, 3.05) is 4.72 Å². The number of hydrogen-bond donors (Lipinski definition) is 2. The Kier molecular flexibility index (Phi) is 8.88. The molecule has 0 saturated carbocycles. The van der Waals surface area contributed by atoms with Gasteiger partial charge in [-0.3, -0.25) is 9.52 Å². The number of halogens is 3. The first-order chi connectivity index (χ1) is 18.6. The minimum Gasteiger partial charge on any atom is -0.423 e. The van der Waals surface area contributed by atoms with E-state index in [4.69, 9.17) is 39.5 Å². The van der Waals surface area contributed by atoms with E-state index in [1.807, 2.05) is 0 Å². The normalized spacial score (nSPS) is 11.3. The number of hydrogen-bond acceptors (Lipinski definition) is 6. The van der Waals surface area contributed by atoms with Crippen molar-refractivity contribution in [3.8, 4) is 5.75 Å². The highest BCUT2D eigenvalue weighted by molar-refractivity contribution is 7.92. The summed E-state index contributed by atoms with van der Waals surface area (Å²) in [6.45, 7) is 0. The molecule has 0 fully saturated rings.